The molecule has 0 spiro atoms. The molecule has 0 amide bonds. The van der Waals surface area contributed by atoms with Crippen LogP contribution in [0.5, 0.6) is 0 Å². The third-order valence-corrected chi connectivity index (χ3v) is 7.88. The molecule has 0 aliphatic rings. The minimum absolute atomic E-state index is 0.598. The Morgan fingerprint density at radius 2 is 0.682 bits per heavy atom. The number of hydrogen-bond donors (Lipinski definition) is 0. The molecule has 4 heteroatoms. The van der Waals surface area contributed by atoms with Crippen LogP contribution >= 0.6 is 0 Å². The molecule has 3 aromatic heterocycles. The summed E-state index contributed by atoms with van der Waals surface area (Å²) in [7, 11) is 0. The molecule has 44 heavy (non-hydrogen) atoms. The molecule has 0 atom stereocenters. The Morgan fingerprint density at radius 3 is 1.18 bits per heavy atom. The Labute approximate surface area is 255 Å². The molecule has 0 N–H and O–H groups in total. The monoisotopic (exact) mass is 562 g/mol. The molecule has 0 radical (unpaired) electrons. The molecule has 0 unspecified atom stereocenters. The predicted molar refractivity (Wildman–Crippen MR) is 180 cm³/mol. The summed E-state index contributed by atoms with van der Waals surface area (Å²) < 4.78 is 0. The van der Waals surface area contributed by atoms with E-state index < -0.39 is 0 Å². The maximum atomic E-state index is 5.08. The standard InChI is InChI=1S/C40H26N4/c1-4-10-27(11-5-1)34-22-20-30-16-18-32(24-36(30)41-34)33-19-17-31-21-23-35(42-37(31)25-33)40-43-38(28-12-6-2-7-13-28)26-39(44-40)29-14-8-3-9-15-29/h1-26H. The van der Waals surface area contributed by atoms with Crippen molar-refractivity contribution in [3.05, 3.63) is 158 Å². The molecule has 0 saturated carbocycles. The first kappa shape index (κ1) is 25.7. The van der Waals surface area contributed by atoms with Gasteiger partial charge in [0.25, 0.3) is 0 Å². The van der Waals surface area contributed by atoms with Crippen LogP contribution in [0, 0.1) is 0 Å². The van der Waals surface area contributed by atoms with Gasteiger partial charge in [0.15, 0.2) is 5.82 Å². The SMILES string of the molecule is c1ccc(-c2cc(-c3ccccc3)nc(-c3ccc4ccc(-c5ccc6ccc(-c7ccccc7)nc6c5)cc4n3)n2)cc1. The van der Waals surface area contributed by atoms with Crippen molar-refractivity contribution in [2.24, 2.45) is 0 Å². The number of nitrogens with zero attached hydrogens (tertiary/aromatic N) is 4. The van der Waals surface area contributed by atoms with E-state index in [-0.39, 0.29) is 0 Å². The van der Waals surface area contributed by atoms with E-state index in [1.165, 1.54) is 0 Å². The fourth-order valence-corrected chi connectivity index (χ4v) is 5.56. The van der Waals surface area contributed by atoms with Gasteiger partial charge in [0.05, 0.1) is 28.1 Å². The van der Waals surface area contributed by atoms with Crippen LogP contribution in [-0.2, 0) is 0 Å². The minimum atomic E-state index is 0.598. The van der Waals surface area contributed by atoms with Crippen LogP contribution in [0.3, 0.4) is 0 Å². The van der Waals surface area contributed by atoms with Crippen LogP contribution in [-0.4, -0.2) is 19.9 Å². The lowest BCUT2D eigenvalue weighted by Gasteiger charge is -2.10. The van der Waals surface area contributed by atoms with Gasteiger partial charge in [-0.2, -0.15) is 0 Å². The topological polar surface area (TPSA) is 51.6 Å². The van der Waals surface area contributed by atoms with Crippen molar-refractivity contribution in [2.75, 3.05) is 0 Å². The molecule has 0 saturated heterocycles. The van der Waals surface area contributed by atoms with Crippen molar-refractivity contribution in [1.29, 1.82) is 0 Å². The van der Waals surface area contributed by atoms with Crippen molar-refractivity contribution >= 4 is 21.8 Å². The summed E-state index contributed by atoms with van der Waals surface area (Å²) in [6.45, 7) is 0. The zero-order valence-corrected chi connectivity index (χ0v) is 23.8. The van der Waals surface area contributed by atoms with Gasteiger partial charge in [-0.3, -0.25) is 0 Å². The highest BCUT2D eigenvalue weighted by Crippen LogP contribution is 2.31. The second-order valence-electron chi connectivity index (χ2n) is 10.8. The maximum absolute atomic E-state index is 5.08. The molecular weight excluding hydrogens is 536 g/mol. The lowest BCUT2D eigenvalue weighted by atomic mass is 10.0. The fraction of sp³-hybridized carbons (Fsp3) is 0. The molecule has 5 aromatic carbocycles. The molecule has 8 aromatic rings. The lowest BCUT2D eigenvalue weighted by molar-refractivity contribution is 1.16. The van der Waals surface area contributed by atoms with Crippen LogP contribution < -0.4 is 0 Å². The van der Waals surface area contributed by atoms with Gasteiger partial charge in [-0.1, -0.05) is 127 Å². The highest BCUT2D eigenvalue weighted by molar-refractivity contribution is 5.90. The third-order valence-electron chi connectivity index (χ3n) is 7.88. The first-order chi connectivity index (χ1) is 21.8. The Bertz CT molecular complexity index is 2210. The van der Waals surface area contributed by atoms with Crippen molar-refractivity contribution in [1.82, 2.24) is 19.9 Å². The summed E-state index contributed by atoms with van der Waals surface area (Å²) in [6.07, 6.45) is 0. The highest BCUT2D eigenvalue weighted by atomic mass is 14.9. The lowest BCUT2D eigenvalue weighted by Crippen LogP contribution is -1.97. The Morgan fingerprint density at radius 1 is 0.273 bits per heavy atom. The predicted octanol–water partition coefficient (Wildman–Crippen LogP) is 9.91. The van der Waals surface area contributed by atoms with Crippen molar-refractivity contribution in [3.8, 4) is 56.4 Å². The quantitative estimate of drug-likeness (QED) is 0.209. The van der Waals surface area contributed by atoms with E-state index in [0.717, 1.165) is 72.4 Å². The smallest absolute Gasteiger partial charge is 0.179 e. The average molecular weight is 563 g/mol. The van der Waals surface area contributed by atoms with E-state index in [4.69, 9.17) is 19.9 Å². The normalized spacial score (nSPS) is 11.2. The molecule has 0 bridgehead atoms. The highest BCUT2D eigenvalue weighted by Gasteiger charge is 2.13. The van der Waals surface area contributed by atoms with E-state index in [1.807, 2.05) is 66.7 Å². The summed E-state index contributed by atoms with van der Waals surface area (Å²) in [5, 5.41) is 2.17. The average Bonchev–Trinajstić information content (AvgIpc) is 3.11. The zero-order chi connectivity index (χ0) is 29.3. The van der Waals surface area contributed by atoms with Gasteiger partial charge in [0, 0.05) is 27.5 Å². The van der Waals surface area contributed by atoms with Gasteiger partial charge >= 0.3 is 0 Å². The second kappa shape index (κ2) is 11.0. The van der Waals surface area contributed by atoms with E-state index in [1.54, 1.807) is 0 Å². The van der Waals surface area contributed by atoms with E-state index >= 15 is 0 Å². The molecule has 8 rings (SSSR count). The largest absolute Gasteiger partial charge is 0.248 e. The minimum Gasteiger partial charge on any atom is -0.248 e. The fourth-order valence-electron chi connectivity index (χ4n) is 5.56. The first-order valence-corrected chi connectivity index (χ1v) is 14.6. The molecule has 0 aliphatic heterocycles. The maximum Gasteiger partial charge on any atom is 0.179 e. The molecule has 206 valence electrons. The first-order valence-electron chi connectivity index (χ1n) is 14.6. The summed E-state index contributed by atoms with van der Waals surface area (Å²) in [5.74, 6) is 0.598. The number of benzene rings is 5. The Hall–Kier alpha value is -6.00. The van der Waals surface area contributed by atoms with Gasteiger partial charge in [-0.05, 0) is 41.5 Å². The van der Waals surface area contributed by atoms with Gasteiger partial charge in [-0.25, -0.2) is 19.9 Å². The van der Waals surface area contributed by atoms with Gasteiger partial charge in [-0.15, -0.1) is 0 Å². The van der Waals surface area contributed by atoms with Crippen LogP contribution in [0.2, 0.25) is 0 Å². The Balaban J connectivity index is 1.21. The van der Waals surface area contributed by atoms with Gasteiger partial charge < -0.3 is 0 Å². The van der Waals surface area contributed by atoms with E-state index in [9.17, 15) is 0 Å². The van der Waals surface area contributed by atoms with Crippen LogP contribution in [0.4, 0.5) is 0 Å². The summed E-state index contributed by atoms with van der Waals surface area (Å²) in [6, 6.07) is 53.9. The van der Waals surface area contributed by atoms with Crippen molar-refractivity contribution < 1.29 is 0 Å². The van der Waals surface area contributed by atoms with Gasteiger partial charge in [0.2, 0.25) is 0 Å². The van der Waals surface area contributed by atoms with Crippen molar-refractivity contribution in [3.63, 3.8) is 0 Å². The van der Waals surface area contributed by atoms with Gasteiger partial charge in [0.1, 0.15) is 5.69 Å². The van der Waals surface area contributed by atoms with Crippen LogP contribution in [0.1, 0.15) is 0 Å². The molecular formula is C40H26N4. The number of aromatic nitrogens is 4. The van der Waals surface area contributed by atoms with Crippen LogP contribution in [0.15, 0.2) is 158 Å². The second-order valence-corrected chi connectivity index (χ2v) is 10.8. The van der Waals surface area contributed by atoms with E-state index in [2.05, 4.69) is 91.0 Å². The summed E-state index contributed by atoms with van der Waals surface area (Å²) in [5.41, 5.74) is 10.6. The van der Waals surface area contributed by atoms with Crippen LogP contribution in [0.25, 0.3) is 78.2 Å². The number of rotatable bonds is 5. The number of hydrogen-bond acceptors (Lipinski definition) is 4. The number of fused-ring (bicyclic) bond motifs is 2. The zero-order valence-electron chi connectivity index (χ0n) is 23.8. The van der Waals surface area contributed by atoms with Crippen molar-refractivity contribution in [2.45, 2.75) is 0 Å². The summed E-state index contributed by atoms with van der Waals surface area (Å²) >= 11 is 0. The Kier molecular flexibility index (Phi) is 6.43. The molecule has 0 fully saturated rings. The summed E-state index contributed by atoms with van der Waals surface area (Å²) in [4.78, 5) is 20.0. The molecule has 4 nitrogen and oxygen atoms in total. The number of pyridine rings is 2. The third kappa shape index (κ3) is 4.99. The molecule has 3 heterocycles. The molecule has 0 aliphatic carbocycles. The van der Waals surface area contributed by atoms with E-state index in [0.29, 0.717) is 5.82 Å².